The van der Waals surface area contributed by atoms with Crippen LogP contribution in [0.2, 0.25) is 25.7 Å². The quantitative estimate of drug-likeness (QED) is 0.138. The van der Waals surface area contributed by atoms with Gasteiger partial charge in [0.2, 0.25) is 11.7 Å². The molecule has 0 radical (unpaired) electrons. The lowest BCUT2D eigenvalue weighted by atomic mass is 9.82. The summed E-state index contributed by atoms with van der Waals surface area (Å²) in [5.74, 6) is -1.53. The lowest BCUT2D eigenvalue weighted by molar-refractivity contribution is -0.145. The summed E-state index contributed by atoms with van der Waals surface area (Å²) in [4.78, 5) is 18.6. The fourth-order valence-corrected chi connectivity index (χ4v) is 7.42. The molecular weight excluding hydrogens is 668 g/mol. The van der Waals surface area contributed by atoms with Gasteiger partial charge in [-0.2, -0.15) is 28.5 Å². The number of aliphatic hydroxyl groups is 1. The zero-order chi connectivity index (χ0) is 35.9. The molecule has 0 aromatic carbocycles. The minimum atomic E-state index is -4.77. The number of nitrogens with zero attached hydrogens (tertiary/aromatic N) is 9. The van der Waals surface area contributed by atoms with E-state index in [-0.39, 0.29) is 23.7 Å². The molecule has 1 N–H and O–H groups in total. The van der Waals surface area contributed by atoms with Gasteiger partial charge in [0.05, 0.1) is 30.1 Å². The average Bonchev–Trinajstić information content (AvgIpc) is 3.68. The molecule has 2 aliphatic rings. The monoisotopic (exact) mass is 711 g/mol. The number of halogens is 3. The first kappa shape index (κ1) is 35.9. The Hall–Kier alpha value is -3.91. The van der Waals surface area contributed by atoms with Crippen LogP contribution in [0.4, 0.5) is 13.2 Å². The van der Waals surface area contributed by atoms with Crippen LogP contribution < -0.4 is 4.74 Å². The second-order valence-corrected chi connectivity index (χ2v) is 20.9. The Bertz CT molecular complexity index is 1810. The predicted molar refractivity (Wildman–Crippen MR) is 182 cm³/mol. The van der Waals surface area contributed by atoms with Crippen molar-refractivity contribution >= 4 is 19.1 Å². The Morgan fingerprint density at radius 3 is 2.50 bits per heavy atom. The van der Waals surface area contributed by atoms with E-state index in [2.05, 4.69) is 50.5 Å². The molecule has 0 bridgehead atoms. The second kappa shape index (κ2) is 13.7. The summed E-state index contributed by atoms with van der Waals surface area (Å²) >= 11 is 0. The van der Waals surface area contributed by atoms with Crippen molar-refractivity contribution in [3.8, 4) is 23.2 Å². The summed E-state index contributed by atoms with van der Waals surface area (Å²) in [7, 11) is -1.18. The van der Waals surface area contributed by atoms with Gasteiger partial charge in [-0.1, -0.05) is 19.6 Å². The van der Waals surface area contributed by atoms with Crippen molar-refractivity contribution in [2.24, 2.45) is 0 Å². The molecule has 50 heavy (non-hydrogen) atoms. The fourth-order valence-electron chi connectivity index (χ4n) is 6.66. The third kappa shape index (κ3) is 7.85. The number of hydrogen-bond acceptors (Lipinski definition) is 10. The zero-order valence-electron chi connectivity index (χ0n) is 29.1. The van der Waals surface area contributed by atoms with Crippen molar-refractivity contribution in [1.29, 1.82) is 5.26 Å². The molecule has 4 aromatic rings. The number of rotatable bonds is 12. The first-order valence-electron chi connectivity index (χ1n) is 16.9. The van der Waals surface area contributed by atoms with Crippen molar-refractivity contribution in [3.05, 3.63) is 48.6 Å². The van der Waals surface area contributed by atoms with Crippen LogP contribution in [-0.4, -0.2) is 84.2 Å². The zero-order valence-corrected chi connectivity index (χ0v) is 30.1. The van der Waals surface area contributed by atoms with Crippen molar-refractivity contribution in [2.75, 3.05) is 19.7 Å². The van der Waals surface area contributed by atoms with Gasteiger partial charge >= 0.3 is 6.18 Å². The highest BCUT2D eigenvalue weighted by Gasteiger charge is 2.48. The summed E-state index contributed by atoms with van der Waals surface area (Å²) < 4.78 is 56.1. The summed E-state index contributed by atoms with van der Waals surface area (Å²) in [6.07, 6.45) is 5.31. The van der Waals surface area contributed by atoms with E-state index in [1.807, 2.05) is 27.7 Å². The number of likely N-dealkylation sites (tertiary alicyclic amines) is 1. The number of aromatic nitrogens is 7. The van der Waals surface area contributed by atoms with Crippen LogP contribution in [0.25, 0.3) is 22.3 Å². The lowest BCUT2D eigenvalue weighted by Crippen LogP contribution is -2.65. The Kier molecular flexibility index (Phi) is 9.81. The predicted octanol–water partition coefficient (Wildman–Crippen LogP) is 5.96. The first-order chi connectivity index (χ1) is 23.5. The largest absolute Gasteiger partial charge is 0.474 e. The summed E-state index contributed by atoms with van der Waals surface area (Å²) in [6, 6.07) is 6.96. The summed E-state index contributed by atoms with van der Waals surface area (Å²) in [5, 5.41) is 25.7. The normalized spacial score (nSPS) is 20.1. The van der Waals surface area contributed by atoms with Gasteiger partial charge in [0.15, 0.2) is 0 Å². The first-order valence-corrected chi connectivity index (χ1v) is 20.7. The topological polar surface area (TPSA) is 140 Å². The molecule has 1 saturated carbocycles. The van der Waals surface area contributed by atoms with E-state index in [1.54, 1.807) is 12.5 Å². The van der Waals surface area contributed by atoms with E-state index in [9.17, 15) is 23.5 Å². The molecule has 2 fully saturated rings. The molecule has 1 saturated heterocycles. The highest BCUT2D eigenvalue weighted by Crippen LogP contribution is 2.39. The molecule has 0 atom stereocenters. The molecule has 5 heterocycles. The smallest absolute Gasteiger partial charge is 0.451 e. The second-order valence-electron chi connectivity index (χ2n) is 15.3. The fraction of sp³-hybridized carbons (Fsp3) is 0.588. The van der Waals surface area contributed by atoms with Crippen LogP contribution >= 0.6 is 0 Å². The molecule has 4 aromatic heterocycles. The van der Waals surface area contributed by atoms with Crippen molar-refractivity contribution in [2.45, 2.75) is 108 Å². The van der Waals surface area contributed by atoms with Crippen LogP contribution in [-0.2, 0) is 28.8 Å². The molecule has 6 rings (SSSR count). The lowest BCUT2D eigenvalue weighted by Gasteiger charge is -2.53. The Morgan fingerprint density at radius 1 is 1.10 bits per heavy atom. The molecule has 0 unspecified atom stereocenters. The molecule has 12 nitrogen and oxygen atoms in total. The number of ether oxygens (including phenoxy) is 2. The van der Waals surface area contributed by atoms with E-state index < -0.39 is 31.2 Å². The van der Waals surface area contributed by atoms with Crippen molar-refractivity contribution < 1.29 is 27.8 Å². The third-order valence-electron chi connectivity index (χ3n) is 9.56. The van der Waals surface area contributed by atoms with E-state index >= 15 is 0 Å². The molecule has 16 heteroatoms. The van der Waals surface area contributed by atoms with Gasteiger partial charge in [-0.15, -0.1) is 0 Å². The van der Waals surface area contributed by atoms with E-state index in [4.69, 9.17) is 14.6 Å². The van der Waals surface area contributed by atoms with Crippen molar-refractivity contribution in [3.63, 3.8) is 0 Å². The van der Waals surface area contributed by atoms with Gasteiger partial charge in [-0.25, -0.2) is 15.0 Å². The van der Waals surface area contributed by atoms with Crippen LogP contribution in [0.3, 0.4) is 0 Å². The van der Waals surface area contributed by atoms with Crippen LogP contribution in [0.5, 0.6) is 5.88 Å². The van der Waals surface area contributed by atoms with Gasteiger partial charge in [-0.3, -0.25) is 9.58 Å². The van der Waals surface area contributed by atoms with Gasteiger partial charge in [-0.05, 0) is 51.6 Å². The Labute approximate surface area is 290 Å². The van der Waals surface area contributed by atoms with Gasteiger partial charge in [0, 0.05) is 63.2 Å². The minimum absolute atomic E-state index is 0.153. The average molecular weight is 712 g/mol. The number of alkyl halides is 3. The molecule has 268 valence electrons. The van der Waals surface area contributed by atoms with Crippen LogP contribution in [0.15, 0.2) is 37.1 Å². The number of fused-ring (bicyclic) bond motifs is 1. The highest BCUT2D eigenvalue weighted by molar-refractivity contribution is 6.76. The molecule has 0 spiro atoms. The van der Waals surface area contributed by atoms with E-state index in [1.165, 1.54) is 19.9 Å². The van der Waals surface area contributed by atoms with Crippen molar-refractivity contribution in [1.82, 2.24) is 39.2 Å². The van der Waals surface area contributed by atoms with Gasteiger partial charge < -0.3 is 19.1 Å². The van der Waals surface area contributed by atoms with Gasteiger partial charge in [0.25, 0.3) is 0 Å². The Morgan fingerprint density at radius 2 is 1.84 bits per heavy atom. The molecule has 1 aliphatic heterocycles. The number of nitriles is 1. The SMILES string of the molecule is CC(C)(O)c1cc(O[C@H]2CC[C@H](N3CC(CC#N)(n4cc(-c5ncnc6c5ccn6COCC[Si](C)(C)C)cn4)C3)CC2)nc(C(F)(F)F)n1. The number of hydrogen-bond donors (Lipinski definition) is 1. The maximum atomic E-state index is 13.5. The van der Waals surface area contributed by atoms with E-state index in [0.717, 1.165) is 41.2 Å². The highest BCUT2D eigenvalue weighted by atomic mass is 28.3. The summed E-state index contributed by atoms with van der Waals surface area (Å²) in [5.41, 5.74) is 0.177. The molecular formula is C34H44F3N9O3Si. The third-order valence-corrected chi connectivity index (χ3v) is 11.3. The van der Waals surface area contributed by atoms with Crippen LogP contribution in [0, 0.1) is 11.3 Å². The van der Waals surface area contributed by atoms with Gasteiger partial charge in [0.1, 0.15) is 35.9 Å². The molecule has 1 aliphatic carbocycles. The van der Waals surface area contributed by atoms with Crippen LogP contribution in [0.1, 0.15) is 57.5 Å². The Balaban J connectivity index is 1.08. The van der Waals surface area contributed by atoms with E-state index in [0.29, 0.717) is 45.7 Å². The standard InChI is InChI=1S/C34H44F3N9O3Si/c1-32(2,47)27-16-28(43-31(42-27)34(35,36)37)49-25-8-6-24(7-9-25)45-19-33(20-45,11-12-38)46-18-23(17-41-46)29-26-10-13-44(30(26)40-21-39-29)22-48-14-15-50(3,4)5/h10,13,16-18,21,24-25,47H,6-9,11,14-15,19-20,22H2,1-5H3/t24-,25-. The maximum absolute atomic E-state index is 13.5. The molecule has 0 amide bonds. The minimum Gasteiger partial charge on any atom is -0.474 e. The maximum Gasteiger partial charge on any atom is 0.451 e. The summed E-state index contributed by atoms with van der Waals surface area (Å²) in [6.45, 7) is 12.1.